The van der Waals surface area contributed by atoms with E-state index in [1.165, 1.54) is 35.2 Å². The summed E-state index contributed by atoms with van der Waals surface area (Å²) in [6.07, 6.45) is 0.990. The maximum atomic E-state index is 13.0. The molecular formula is C16H20FN3O2S3. The van der Waals surface area contributed by atoms with Crippen LogP contribution in [-0.4, -0.2) is 40.7 Å². The lowest BCUT2D eigenvalue weighted by molar-refractivity contribution is -0.118. The number of nitrogens with zero attached hydrogens (tertiary/aromatic N) is 2. The number of rotatable bonds is 9. The Morgan fingerprint density at radius 2 is 2.16 bits per heavy atom. The Labute approximate surface area is 159 Å². The molecule has 0 saturated carbocycles. The zero-order valence-corrected chi connectivity index (χ0v) is 16.5. The van der Waals surface area contributed by atoms with E-state index in [-0.39, 0.29) is 23.6 Å². The van der Waals surface area contributed by atoms with Crippen molar-refractivity contribution in [1.82, 2.24) is 15.1 Å². The molecule has 2 aromatic rings. The molecule has 25 heavy (non-hydrogen) atoms. The van der Waals surface area contributed by atoms with Gasteiger partial charge in [-0.15, -0.1) is 5.10 Å². The van der Waals surface area contributed by atoms with E-state index in [0.29, 0.717) is 27.1 Å². The highest BCUT2D eigenvalue weighted by molar-refractivity contribution is 8.01. The Morgan fingerprint density at radius 1 is 1.44 bits per heavy atom. The second-order valence-corrected chi connectivity index (χ2v) is 8.28. The third-order valence-electron chi connectivity index (χ3n) is 3.02. The first kappa shape index (κ1) is 20.0. The van der Waals surface area contributed by atoms with Crippen LogP contribution in [0.3, 0.4) is 0 Å². The van der Waals surface area contributed by atoms with Crippen LogP contribution in [-0.2, 0) is 9.53 Å². The van der Waals surface area contributed by atoms with Crippen LogP contribution in [0.15, 0.2) is 28.6 Å². The van der Waals surface area contributed by atoms with Gasteiger partial charge in [-0.2, -0.15) is 0 Å². The van der Waals surface area contributed by atoms with Crippen molar-refractivity contribution in [3.63, 3.8) is 0 Å². The molecule has 0 fully saturated rings. The lowest BCUT2D eigenvalue weighted by Gasteiger charge is -2.07. The standard InChI is InChI=1S/C16H20FN3O2S3/c1-11(2)22-9-3-8-18-14(21)10-24-15-19-20(16(23)25-15)13-6-4-12(17)5-7-13/h4-7,11H,3,8-10H2,1-2H3,(H,18,21). The number of nitrogens with one attached hydrogen (secondary N) is 1. The minimum absolute atomic E-state index is 0.0519. The molecule has 1 heterocycles. The summed E-state index contributed by atoms with van der Waals surface area (Å²) in [6.45, 7) is 5.18. The van der Waals surface area contributed by atoms with Gasteiger partial charge in [0.15, 0.2) is 8.29 Å². The lowest BCUT2D eigenvalue weighted by Crippen LogP contribution is -2.27. The number of ether oxygens (including phenoxy) is 1. The maximum Gasteiger partial charge on any atom is 0.230 e. The summed E-state index contributed by atoms with van der Waals surface area (Å²) in [5.41, 5.74) is 0.698. The Hall–Kier alpha value is -1.29. The van der Waals surface area contributed by atoms with Crippen LogP contribution in [0, 0.1) is 9.77 Å². The van der Waals surface area contributed by atoms with Gasteiger partial charge in [-0.05, 0) is 56.8 Å². The van der Waals surface area contributed by atoms with Crippen LogP contribution < -0.4 is 5.32 Å². The van der Waals surface area contributed by atoms with Crippen molar-refractivity contribution in [2.75, 3.05) is 18.9 Å². The number of halogens is 1. The van der Waals surface area contributed by atoms with Gasteiger partial charge in [-0.3, -0.25) is 4.79 Å². The summed E-state index contributed by atoms with van der Waals surface area (Å²) in [7, 11) is 0. The zero-order chi connectivity index (χ0) is 18.2. The van der Waals surface area contributed by atoms with Crippen molar-refractivity contribution in [2.24, 2.45) is 0 Å². The largest absolute Gasteiger partial charge is 0.379 e. The average Bonchev–Trinajstić information content (AvgIpc) is 2.94. The fourth-order valence-electron chi connectivity index (χ4n) is 1.86. The van der Waals surface area contributed by atoms with Gasteiger partial charge in [-0.1, -0.05) is 23.1 Å². The first-order chi connectivity index (χ1) is 12.0. The summed E-state index contributed by atoms with van der Waals surface area (Å²) < 4.78 is 21.2. The molecule has 2 rings (SSSR count). The molecule has 1 aromatic carbocycles. The molecule has 0 aliphatic carbocycles. The summed E-state index contributed by atoms with van der Waals surface area (Å²) in [5, 5.41) is 7.23. The Balaban J connectivity index is 1.79. The first-order valence-corrected chi connectivity index (χ1v) is 10.0. The van der Waals surface area contributed by atoms with E-state index in [1.54, 1.807) is 16.8 Å². The predicted octanol–water partition coefficient (Wildman–Crippen LogP) is 3.83. The normalized spacial score (nSPS) is 11.0. The van der Waals surface area contributed by atoms with Crippen molar-refractivity contribution in [1.29, 1.82) is 0 Å². The molecular weight excluding hydrogens is 381 g/mol. The summed E-state index contributed by atoms with van der Waals surface area (Å²) >= 11 is 7.94. The summed E-state index contributed by atoms with van der Waals surface area (Å²) in [5.74, 6) is -0.0870. The number of thioether (sulfide) groups is 1. The van der Waals surface area contributed by atoms with E-state index in [0.717, 1.165) is 6.42 Å². The molecule has 136 valence electrons. The van der Waals surface area contributed by atoms with Crippen LogP contribution in [0.25, 0.3) is 5.69 Å². The number of carbonyl (C=O) groups excluding carboxylic acids is 1. The smallest absolute Gasteiger partial charge is 0.230 e. The van der Waals surface area contributed by atoms with E-state index >= 15 is 0 Å². The van der Waals surface area contributed by atoms with Gasteiger partial charge in [0.1, 0.15) is 5.82 Å². The van der Waals surface area contributed by atoms with E-state index in [2.05, 4.69) is 10.4 Å². The Bertz CT molecular complexity index is 744. The van der Waals surface area contributed by atoms with E-state index < -0.39 is 0 Å². The van der Waals surface area contributed by atoms with Gasteiger partial charge < -0.3 is 10.1 Å². The van der Waals surface area contributed by atoms with Crippen molar-refractivity contribution in [3.8, 4) is 5.69 Å². The molecule has 0 spiro atoms. The average molecular weight is 402 g/mol. The molecule has 0 aliphatic rings. The van der Waals surface area contributed by atoms with Gasteiger partial charge in [-0.25, -0.2) is 9.07 Å². The van der Waals surface area contributed by atoms with E-state index in [9.17, 15) is 9.18 Å². The van der Waals surface area contributed by atoms with Crippen LogP contribution in [0.1, 0.15) is 20.3 Å². The molecule has 0 aliphatic heterocycles. The maximum absolute atomic E-state index is 13.0. The number of hydrogen-bond donors (Lipinski definition) is 1. The number of amides is 1. The third-order valence-corrected chi connectivity index (χ3v) is 5.39. The van der Waals surface area contributed by atoms with Crippen LogP contribution in [0.5, 0.6) is 0 Å². The Kier molecular flexibility index (Phi) is 8.01. The Morgan fingerprint density at radius 3 is 2.84 bits per heavy atom. The highest BCUT2D eigenvalue weighted by atomic mass is 32.2. The predicted molar refractivity (Wildman–Crippen MR) is 102 cm³/mol. The molecule has 0 bridgehead atoms. The number of hydrogen-bond acceptors (Lipinski definition) is 6. The molecule has 1 N–H and O–H groups in total. The molecule has 5 nitrogen and oxygen atoms in total. The van der Waals surface area contributed by atoms with Gasteiger partial charge in [0.05, 0.1) is 17.5 Å². The third kappa shape index (κ3) is 6.85. The van der Waals surface area contributed by atoms with Crippen LogP contribution in [0.4, 0.5) is 4.39 Å². The number of carbonyl (C=O) groups is 1. The SMILES string of the molecule is CC(C)OCCCNC(=O)CSc1nn(-c2ccc(F)cc2)c(=S)s1. The lowest BCUT2D eigenvalue weighted by atomic mass is 10.3. The fraction of sp³-hybridized carbons (Fsp3) is 0.438. The minimum atomic E-state index is -0.310. The number of benzene rings is 1. The molecule has 0 saturated heterocycles. The van der Waals surface area contributed by atoms with Crippen molar-refractivity contribution >= 4 is 41.2 Å². The monoisotopic (exact) mass is 401 g/mol. The highest BCUT2D eigenvalue weighted by Crippen LogP contribution is 2.23. The van der Waals surface area contributed by atoms with Gasteiger partial charge in [0, 0.05) is 13.2 Å². The van der Waals surface area contributed by atoms with Crippen LogP contribution >= 0.6 is 35.3 Å². The minimum Gasteiger partial charge on any atom is -0.379 e. The van der Waals surface area contributed by atoms with Gasteiger partial charge >= 0.3 is 0 Å². The number of aromatic nitrogens is 2. The summed E-state index contributed by atoms with van der Waals surface area (Å²) in [6, 6.07) is 5.95. The van der Waals surface area contributed by atoms with E-state index in [4.69, 9.17) is 17.0 Å². The molecule has 1 aromatic heterocycles. The van der Waals surface area contributed by atoms with Crippen molar-refractivity contribution in [3.05, 3.63) is 34.0 Å². The molecule has 1 amide bonds. The van der Waals surface area contributed by atoms with Crippen molar-refractivity contribution in [2.45, 2.75) is 30.7 Å². The summed E-state index contributed by atoms with van der Waals surface area (Å²) in [4.78, 5) is 11.8. The molecule has 0 radical (unpaired) electrons. The highest BCUT2D eigenvalue weighted by Gasteiger charge is 2.09. The van der Waals surface area contributed by atoms with Gasteiger partial charge in [0.25, 0.3) is 0 Å². The molecule has 9 heteroatoms. The zero-order valence-electron chi connectivity index (χ0n) is 14.0. The quantitative estimate of drug-likeness (QED) is 0.393. The van der Waals surface area contributed by atoms with Crippen LogP contribution in [0.2, 0.25) is 0 Å². The van der Waals surface area contributed by atoms with E-state index in [1.807, 2.05) is 13.8 Å². The fourth-order valence-corrected chi connectivity index (χ4v) is 4.05. The second kappa shape index (κ2) is 10.0. The first-order valence-electron chi connectivity index (χ1n) is 7.83. The molecule has 0 atom stereocenters. The second-order valence-electron chi connectivity index (χ2n) is 5.43. The topological polar surface area (TPSA) is 56.1 Å². The molecule has 0 unspecified atom stereocenters. The van der Waals surface area contributed by atoms with Gasteiger partial charge in [0.2, 0.25) is 5.91 Å². The van der Waals surface area contributed by atoms with Crippen molar-refractivity contribution < 1.29 is 13.9 Å².